The van der Waals surface area contributed by atoms with Crippen molar-refractivity contribution in [3.05, 3.63) is 75.8 Å². The monoisotopic (exact) mass is 566 g/mol. The van der Waals surface area contributed by atoms with Gasteiger partial charge in [0, 0.05) is 49.3 Å². The zero-order chi connectivity index (χ0) is 28.2. The molecule has 2 heterocycles. The average molecular weight is 567 g/mol. The van der Waals surface area contributed by atoms with Crippen LogP contribution in [0, 0.1) is 11.8 Å². The number of hydrogen-bond acceptors (Lipinski definition) is 5. The van der Waals surface area contributed by atoms with Gasteiger partial charge in [-0.2, -0.15) is 0 Å². The second kappa shape index (κ2) is 12.6. The normalized spacial score (nSPS) is 19.4. The Kier molecular flexibility index (Phi) is 8.91. The van der Waals surface area contributed by atoms with E-state index in [1.807, 2.05) is 0 Å². The summed E-state index contributed by atoms with van der Waals surface area (Å²) in [5, 5.41) is 29.9. The fourth-order valence-corrected chi connectivity index (χ4v) is 6.49. The molecule has 1 atom stereocenters. The minimum Gasteiger partial charge on any atom is -0.494 e. The molecular formula is C32H39ClN2O5. The van der Waals surface area contributed by atoms with Crippen LogP contribution < -0.4 is 4.74 Å². The van der Waals surface area contributed by atoms with Crippen LogP contribution in [0.3, 0.4) is 0 Å². The van der Waals surface area contributed by atoms with Gasteiger partial charge in [0.2, 0.25) is 0 Å². The molecule has 0 bridgehead atoms. The molecule has 0 amide bonds. The van der Waals surface area contributed by atoms with Crippen molar-refractivity contribution >= 4 is 17.6 Å². The van der Waals surface area contributed by atoms with Crippen LogP contribution in [-0.4, -0.2) is 43.9 Å². The van der Waals surface area contributed by atoms with Crippen LogP contribution in [0.1, 0.15) is 67.3 Å². The van der Waals surface area contributed by atoms with E-state index in [9.17, 15) is 20.1 Å². The lowest BCUT2D eigenvalue weighted by atomic mass is 9.81. The highest BCUT2D eigenvalue weighted by Gasteiger charge is 2.29. The predicted molar refractivity (Wildman–Crippen MR) is 155 cm³/mol. The average Bonchev–Trinajstić information content (AvgIpc) is 3.55. The number of rotatable bonds is 11. The van der Waals surface area contributed by atoms with E-state index >= 15 is 0 Å². The van der Waals surface area contributed by atoms with Gasteiger partial charge in [-0.1, -0.05) is 35.9 Å². The molecule has 8 heteroatoms. The highest BCUT2D eigenvalue weighted by molar-refractivity contribution is 6.31. The molecule has 40 heavy (non-hydrogen) atoms. The van der Waals surface area contributed by atoms with Gasteiger partial charge >= 0.3 is 5.97 Å². The topological polar surface area (TPSA) is 95.2 Å². The van der Waals surface area contributed by atoms with E-state index in [1.165, 1.54) is 27.8 Å². The van der Waals surface area contributed by atoms with Crippen molar-refractivity contribution in [3.63, 3.8) is 0 Å². The number of carboxylic acids is 1. The van der Waals surface area contributed by atoms with Gasteiger partial charge in [-0.05, 0) is 85.8 Å². The summed E-state index contributed by atoms with van der Waals surface area (Å²) in [6, 6.07) is 16.0. The number of ether oxygens (including phenoxy) is 1. The molecule has 0 radical (unpaired) electrons. The fraction of sp³-hybridized carbons (Fsp3) is 0.469. The number of benzene rings is 2. The Morgan fingerprint density at radius 3 is 2.52 bits per heavy atom. The van der Waals surface area contributed by atoms with Gasteiger partial charge < -0.3 is 20.1 Å². The van der Waals surface area contributed by atoms with Crippen molar-refractivity contribution in [2.45, 2.75) is 71.0 Å². The summed E-state index contributed by atoms with van der Waals surface area (Å²) >= 11 is 6.74. The summed E-state index contributed by atoms with van der Waals surface area (Å²) in [6.07, 6.45) is 5.78. The minimum absolute atomic E-state index is 0.0560. The van der Waals surface area contributed by atoms with Crippen LogP contribution in [-0.2, 0) is 30.7 Å². The first-order chi connectivity index (χ1) is 19.3. The summed E-state index contributed by atoms with van der Waals surface area (Å²) in [6.45, 7) is 5.15. The lowest BCUT2D eigenvalue weighted by molar-refractivity contribution is -0.143. The standard InChI is InChI=1S/C32H39ClN2O5/c1-21(26-10-11-29-27(18-26)14-16-40-29)34(19-22-4-8-25(9-5-22)32(38)39)20-23-6-7-24(28(33)17-23)3-2-15-35-30(36)12-13-31(35)37/h6-7,10-13,17-18,21-22,25,36-37H,2-5,8-9,14-16,19-20H2,1H3,(H,38,39). The van der Waals surface area contributed by atoms with E-state index in [4.69, 9.17) is 16.3 Å². The first-order valence-electron chi connectivity index (χ1n) is 14.4. The summed E-state index contributed by atoms with van der Waals surface area (Å²) < 4.78 is 7.21. The molecule has 1 unspecified atom stereocenters. The number of aliphatic carboxylic acids is 1. The van der Waals surface area contributed by atoms with Crippen molar-refractivity contribution in [2.75, 3.05) is 13.2 Å². The molecule has 214 valence electrons. The van der Waals surface area contributed by atoms with Crippen molar-refractivity contribution in [1.82, 2.24) is 9.47 Å². The molecule has 2 aliphatic rings. The Bertz CT molecular complexity index is 1310. The van der Waals surface area contributed by atoms with Crippen molar-refractivity contribution in [1.29, 1.82) is 0 Å². The van der Waals surface area contributed by atoms with Gasteiger partial charge in [0.25, 0.3) is 0 Å². The minimum atomic E-state index is -0.666. The number of aromatic hydroxyl groups is 2. The van der Waals surface area contributed by atoms with Gasteiger partial charge in [-0.15, -0.1) is 0 Å². The third kappa shape index (κ3) is 6.58. The quantitative estimate of drug-likeness (QED) is 0.243. The van der Waals surface area contributed by atoms with Crippen molar-refractivity contribution in [3.8, 4) is 17.5 Å². The Balaban J connectivity index is 1.28. The Morgan fingerprint density at radius 2 is 1.82 bits per heavy atom. The summed E-state index contributed by atoms with van der Waals surface area (Å²) in [4.78, 5) is 14.0. The molecule has 1 saturated carbocycles. The highest BCUT2D eigenvalue weighted by atomic mass is 35.5. The molecule has 0 spiro atoms. The predicted octanol–water partition coefficient (Wildman–Crippen LogP) is 6.57. The van der Waals surface area contributed by atoms with E-state index in [2.05, 4.69) is 48.2 Å². The number of carbonyl (C=O) groups is 1. The lowest BCUT2D eigenvalue weighted by Gasteiger charge is -2.35. The van der Waals surface area contributed by atoms with Gasteiger partial charge in [-0.3, -0.25) is 14.3 Å². The SMILES string of the molecule is CC(c1ccc2c(c1)CCO2)N(Cc1ccc(CCCn2c(O)ccc2O)c(Cl)c1)CC1CCC(C(=O)O)CC1. The van der Waals surface area contributed by atoms with Crippen LogP contribution in [0.5, 0.6) is 17.5 Å². The largest absolute Gasteiger partial charge is 0.494 e. The van der Waals surface area contributed by atoms with Crippen LogP contribution in [0.15, 0.2) is 48.5 Å². The number of aromatic nitrogens is 1. The molecule has 1 aliphatic heterocycles. The molecule has 3 N–H and O–H groups in total. The van der Waals surface area contributed by atoms with Gasteiger partial charge in [0.1, 0.15) is 5.75 Å². The number of nitrogens with zero attached hydrogens (tertiary/aromatic N) is 2. The maximum Gasteiger partial charge on any atom is 0.306 e. The molecule has 2 aromatic carbocycles. The molecule has 1 aromatic heterocycles. The van der Waals surface area contributed by atoms with Gasteiger partial charge in [0.05, 0.1) is 12.5 Å². The van der Waals surface area contributed by atoms with E-state index in [1.54, 1.807) is 0 Å². The van der Waals surface area contributed by atoms with Gasteiger partial charge in [-0.25, -0.2) is 0 Å². The second-order valence-electron chi connectivity index (χ2n) is 11.4. The maximum absolute atomic E-state index is 11.5. The smallest absolute Gasteiger partial charge is 0.306 e. The summed E-state index contributed by atoms with van der Waals surface area (Å²) in [5.74, 6) is 0.684. The van der Waals surface area contributed by atoms with E-state index in [0.717, 1.165) is 86.5 Å². The first kappa shape index (κ1) is 28.4. The van der Waals surface area contributed by atoms with Crippen molar-refractivity contribution < 1.29 is 24.9 Å². The first-order valence-corrected chi connectivity index (χ1v) is 14.7. The highest BCUT2D eigenvalue weighted by Crippen LogP contribution is 2.35. The Labute approximate surface area is 241 Å². The molecule has 3 aromatic rings. The van der Waals surface area contributed by atoms with Crippen LogP contribution in [0.25, 0.3) is 0 Å². The van der Waals surface area contributed by atoms with E-state index < -0.39 is 5.97 Å². The number of halogens is 1. The van der Waals surface area contributed by atoms with E-state index in [-0.39, 0.29) is 23.7 Å². The molecule has 1 aliphatic carbocycles. The summed E-state index contributed by atoms with van der Waals surface area (Å²) in [7, 11) is 0. The maximum atomic E-state index is 11.5. The Hall–Kier alpha value is -3.16. The lowest BCUT2D eigenvalue weighted by Crippen LogP contribution is -2.34. The summed E-state index contributed by atoms with van der Waals surface area (Å²) in [5.41, 5.74) is 4.72. The zero-order valence-corrected chi connectivity index (χ0v) is 23.8. The van der Waals surface area contributed by atoms with Gasteiger partial charge in [0.15, 0.2) is 11.8 Å². The Morgan fingerprint density at radius 1 is 1.07 bits per heavy atom. The molecule has 0 saturated heterocycles. The van der Waals surface area contributed by atoms with Crippen LogP contribution in [0.2, 0.25) is 5.02 Å². The van der Waals surface area contributed by atoms with Crippen LogP contribution >= 0.6 is 11.6 Å². The van der Waals surface area contributed by atoms with Crippen LogP contribution in [0.4, 0.5) is 0 Å². The second-order valence-corrected chi connectivity index (χ2v) is 11.8. The molecule has 7 nitrogen and oxygen atoms in total. The number of hydrogen-bond donors (Lipinski definition) is 3. The zero-order valence-electron chi connectivity index (χ0n) is 23.1. The van der Waals surface area contributed by atoms with E-state index in [0.29, 0.717) is 12.5 Å². The third-order valence-electron chi connectivity index (χ3n) is 8.70. The molecule has 5 rings (SSSR count). The third-order valence-corrected chi connectivity index (χ3v) is 9.05. The fourth-order valence-electron chi connectivity index (χ4n) is 6.19. The molecular weight excluding hydrogens is 528 g/mol. The number of fused-ring (bicyclic) bond motifs is 1. The van der Waals surface area contributed by atoms with Crippen molar-refractivity contribution in [2.24, 2.45) is 11.8 Å². The molecule has 1 fully saturated rings. The number of carboxylic acid groups (broad SMARTS) is 1. The number of aryl methyl sites for hydroxylation is 1.